The van der Waals surface area contributed by atoms with Gasteiger partial charge >= 0.3 is 0 Å². The van der Waals surface area contributed by atoms with Crippen LogP contribution < -0.4 is 10.9 Å². The van der Waals surface area contributed by atoms with Crippen molar-refractivity contribution in [2.24, 2.45) is 0 Å². The Morgan fingerprint density at radius 2 is 2.00 bits per heavy atom. The van der Waals surface area contributed by atoms with Crippen LogP contribution in [0, 0.1) is 6.92 Å². The molecule has 6 nitrogen and oxygen atoms in total. The lowest BCUT2D eigenvalue weighted by atomic mass is 10.1. The molecule has 0 aliphatic rings. The van der Waals surface area contributed by atoms with Crippen molar-refractivity contribution in [1.29, 1.82) is 0 Å². The number of hydrazine groups is 1. The molecule has 20 heavy (non-hydrogen) atoms. The second-order valence-corrected chi connectivity index (χ2v) is 5.50. The molecule has 2 rings (SSSR count). The van der Waals surface area contributed by atoms with Crippen LogP contribution in [0.25, 0.3) is 0 Å². The standard InChI is InChI=1S/C13H15N3O3S/c1-7(2)11-10(8(3)16-19-11)13(18)15-14-12(17)9-5-4-6-20-9/h4-7H,1-3H3,(H,14,17)(H,15,18). The average Bonchev–Trinajstić information content (AvgIpc) is 3.04. The third kappa shape index (κ3) is 2.88. The summed E-state index contributed by atoms with van der Waals surface area (Å²) in [5.74, 6) is -0.249. The van der Waals surface area contributed by atoms with E-state index in [1.807, 2.05) is 13.8 Å². The topological polar surface area (TPSA) is 84.2 Å². The molecular weight excluding hydrogens is 278 g/mol. The van der Waals surface area contributed by atoms with Crippen LogP contribution in [-0.4, -0.2) is 17.0 Å². The maximum absolute atomic E-state index is 12.1. The summed E-state index contributed by atoms with van der Waals surface area (Å²) < 4.78 is 5.14. The van der Waals surface area contributed by atoms with Crippen LogP contribution in [0.5, 0.6) is 0 Å². The number of amides is 2. The van der Waals surface area contributed by atoms with Crippen molar-refractivity contribution in [1.82, 2.24) is 16.0 Å². The van der Waals surface area contributed by atoms with Crippen LogP contribution >= 0.6 is 11.3 Å². The number of aromatic nitrogens is 1. The molecule has 0 fully saturated rings. The van der Waals surface area contributed by atoms with Gasteiger partial charge in [-0.1, -0.05) is 25.1 Å². The first-order valence-corrected chi connectivity index (χ1v) is 6.99. The number of thiophene rings is 1. The molecule has 0 aliphatic heterocycles. The highest BCUT2D eigenvalue weighted by Crippen LogP contribution is 2.21. The number of hydrogen-bond acceptors (Lipinski definition) is 5. The molecule has 0 saturated carbocycles. The number of nitrogens with one attached hydrogen (secondary N) is 2. The highest BCUT2D eigenvalue weighted by Gasteiger charge is 2.22. The molecule has 2 amide bonds. The Balaban J connectivity index is 2.06. The molecular formula is C13H15N3O3S. The first-order chi connectivity index (χ1) is 9.50. The van der Waals surface area contributed by atoms with Crippen molar-refractivity contribution in [2.45, 2.75) is 26.7 Å². The van der Waals surface area contributed by atoms with Gasteiger partial charge in [-0.2, -0.15) is 0 Å². The molecule has 0 aliphatic carbocycles. The van der Waals surface area contributed by atoms with Crippen LogP contribution in [0.3, 0.4) is 0 Å². The largest absolute Gasteiger partial charge is 0.360 e. The van der Waals surface area contributed by atoms with Crippen molar-refractivity contribution in [2.75, 3.05) is 0 Å². The van der Waals surface area contributed by atoms with Crippen molar-refractivity contribution in [3.8, 4) is 0 Å². The van der Waals surface area contributed by atoms with Gasteiger partial charge in [0.05, 0.1) is 10.6 Å². The molecule has 2 heterocycles. The van der Waals surface area contributed by atoms with Crippen LogP contribution in [0.2, 0.25) is 0 Å². The number of carbonyl (C=O) groups is 2. The Morgan fingerprint density at radius 3 is 2.60 bits per heavy atom. The Hall–Kier alpha value is -2.15. The fraction of sp³-hybridized carbons (Fsp3) is 0.308. The summed E-state index contributed by atoms with van der Waals surface area (Å²) in [5, 5.41) is 5.58. The van der Waals surface area contributed by atoms with E-state index in [2.05, 4.69) is 16.0 Å². The van der Waals surface area contributed by atoms with E-state index in [4.69, 9.17) is 4.52 Å². The molecule has 0 saturated heterocycles. The highest BCUT2D eigenvalue weighted by molar-refractivity contribution is 7.12. The second kappa shape index (κ2) is 5.87. The van der Waals surface area contributed by atoms with Gasteiger partial charge in [0.2, 0.25) is 0 Å². The number of aryl methyl sites for hydroxylation is 1. The molecule has 0 radical (unpaired) electrons. The van der Waals surface area contributed by atoms with Crippen LogP contribution in [-0.2, 0) is 0 Å². The Bertz CT molecular complexity index is 617. The first-order valence-electron chi connectivity index (χ1n) is 6.11. The number of rotatable bonds is 3. The van der Waals surface area contributed by atoms with Crippen molar-refractivity contribution < 1.29 is 14.1 Å². The van der Waals surface area contributed by atoms with Gasteiger partial charge in [-0.15, -0.1) is 11.3 Å². The van der Waals surface area contributed by atoms with Gasteiger partial charge in [0.25, 0.3) is 11.8 Å². The normalized spacial score (nSPS) is 10.6. The number of hydrogen-bond donors (Lipinski definition) is 2. The molecule has 106 valence electrons. The summed E-state index contributed by atoms with van der Waals surface area (Å²) >= 11 is 1.30. The van der Waals surface area contributed by atoms with Crippen molar-refractivity contribution in [3.63, 3.8) is 0 Å². The van der Waals surface area contributed by atoms with Gasteiger partial charge < -0.3 is 4.52 Å². The van der Waals surface area contributed by atoms with Crippen LogP contribution in [0.4, 0.5) is 0 Å². The van der Waals surface area contributed by atoms with E-state index in [-0.39, 0.29) is 11.8 Å². The predicted molar refractivity (Wildman–Crippen MR) is 74.6 cm³/mol. The third-order valence-corrected chi connectivity index (χ3v) is 3.54. The van der Waals surface area contributed by atoms with Crippen molar-refractivity contribution in [3.05, 3.63) is 39.4 Å². The fourth-order valence-corrected chi connectivity index (χ4v) is 2.32. The van der Waals surface area contributed by atoms with Crippen LogP contribution in [0.1, 0.15) is 51.2 Å². The Morgan fingerprint density at radius 1 is 1.30 bits per heavy atom. The predicted octanol–water partition coefficient (Wildman–Crippen LogP) is 2.24. The summed E-state index contributed by atoms with van der Waals surface area (Å²) in [7, 11) is 0. The molecule has 2 aromatic rings. The molecule has 0 bridgehead atoms. The lowest BCUT2D eigenvalue weighted by Crippen LogP contribution is -2.41. The quantitative estimate of drug-likeness (QED) is 0.850. The number of nitrogens with zero attached hydrogens (tertiary/aromatic N) is 1. The van der Waals surface area contributed by atoms with E-state index in [1.54, 1.807) is 24.4 Å². The van der Waals surface area contributed by atoms with Gasteiger partial charge in [-0.05, 0) is 18.4 Å². The van der Waals surface area contributed by atoms with E-state index in [0.29, 0.717) is 21.9 Å². The lowest BCUT2D eigenvalue weighted by Gasteiger charge is -2.07. The summed E-state index contributed by atoms with van der Waals surface area (Å²) in [6.45, 7) is 5.49. The Labute approximate surface area is 120 Å². The SMILES string of the molecule is Cc1noc(C(C)C)c1C(=O)NNC(=O)c1cccs1. The van der Waals surface area contributed by atoms with Gasteiger partial charge in [0.1, 0.15) is 5.56 Å². The summed E-state index contributed by atoms with van der Waals surface area (Å²) in [4.78, 5) is 24.4. The smallest absolute Gasteiger partial charge is 0.279 e. The zero-order valence-electron chi connectivity index (χ0n) is 11.4. The highest BCUT2D eigenvalue weighted by atomic mass is 32.1. The monoisotopic (exact) mass is 293 g/mol. The zero-order valence-corrected chi connectivity index (χ0v) is 12.2. The minimum absolute atomic E-state index is 0.0324. The van der Waals surface area contributed by atoms with Crippen LogP contribution in [0.15, 0.2) is 22.0 Å². The minimum atomic E-state index is -0.433. The molecule has 2 N–H and O–H groups in total. The molecule has 0 aromatic carbocycles. The fourth-order valence-electron chi connectivity index (χ4n) is 1.70. The first kappa shape index (κ1) is 14.3. The number of carbonyl (C=O) groups excluding carboxylic acids is 2. The maximum atomic E-state index is 12.1. The van der Waals surface area contributed by atoms with E-state index >= 15 is 0 Å². The van der Waals surface area contributed by atoms with E-state index in [9.17, 15) is 9.59 Å². The van der Waals surface area contributed by atoms with Crippen molar-refractivity contribution >= 4 is 23.2 Å². The molecule has 0 unspecified atom stereocenters. The van der Waals surface area contributed by atoms with E-state index in [1.165, 1.54) is 11.3 Å². The summed E-state index contributed by atoms with van der Waals surface area (Å²) in [5.41, 5.74) is 5.61. The van der Waals surface area contributed by atoms with Gasteiger partial charge in [0, 0.05) is 5.92 Å². The maximum Gasteiger partial charge on any atom is 0.279 e. The summed E-state index contributed by atoms with van der Waals surface area (Å²) in [6, 6.07) is 3.44. The zero-order chi connectivity index (χ0) is 14.7. The lowest BCUT2D eigenvalue weighted by molar-refractivity contribution is 0.0847. The second-order valence-electron chi connectivity index (χ2n) is 4.55. The molecule has 2 aromatic heterocycles. The molecule has 0 spiro atoms. The van der Waals surface area contributed by atoms with Gasteiger partial charge in [-0.3, -0.25) is 20.4 Å². The molecule has 0 atom stereocenters. The third-order valence-electron chi connectivity index (χ3n) is 2.68. The van der Waals surface area contributed by atoms with E-state index < -0.39 is 5.91 Å². The minimum Gasteiger partial charge on any atom is -0.360 e. The molecule has 7 heteroatoms. The van der Waals surface area contributed by atoms with Gasteiger partial charge in [-0.25, -0.2) is 0 Å². The average molecular weight is 293 g/mol. The summed E-state index contributed by atoms with van der Waals surface area (Å²) in [6.07, 6.45) is 0. The Kier molecular flexibility index (Phi) is 4.19. The van der Waals surface area contributed by atoms with E-state index in [0.717, 1.165) is 0 Å². The van der Waals surface area contributed by atoms with Gasteiger partial charge in [0.15, 0.2) is 5.76 Å².